The molecule has 0 spiro atoms. The number of aliphatic carboxylic acids is 1. The van der Waals surface area contributed by atoms with Crippen molar-refractivity contribution in [2.45, 2.75) is 32.5 Å². The van der Waals surface area contributed by atoms with Crippen LogP contribution in [0, 0.1) is 0 Å². The van der Waals surface area contributed by atoms with Gasteiger partial charge in [0.2, 0.25) is 0 Å². The number of carboxylic acid groups (broad SMARTS) is 1. The van der Waals surface area contributed by atoms with Crippen molar-refractivity contribution in [2.75, 3.05) is 0 Å². The van der Waals surface area contributed by atoms with Crippen molar-refractivity contribution in [2.24, 2.45) is 0 Å². The number of halogens is 3. The van der Waals surface area contributed by atoms with Gasteiger partial charge in [0.05, 0.1) is 17.0 Å². The highest BCUT2D eigenvalue weighted by atomic mass is 19.4. The molecule has 1 N–H and O–H groups in total. The Labute approximate surface area is 113 Å². The molecule has 1 atom stereocenters. The average Bonchev–Trinajstić information content (AvgIpc) is 2.74. The molecule has 0 amide bonds. The average molecular weight is 285 g/mol. The Morgan fingerprint density at radius 3 is 2.55 bits per heavy atom. The lowest BCUT2D eigenvalue weighted by molar-refractivity contribution is -0.138. The van der Waals surface area contributed by atoms with Crippen molar-refractivity contribution >= 4 is 16.9 Å². The van der Waals surface area contributed by atoms with Gasteiger partial charge in [0.25, 0.3) is 0 Å². The standard InChI is InChI=1S/C14H14F3NO2/c1-3-18-11(8(2)13(19)20)7-9-5-4-6-10(12(9)18)14(15,16)17/h4-8H,3H2,1-2H3,(H,19,20). The van der Waals surface area contributed by atoms with Crippen LogP contribution >= 0.6 is 0 Å². The number of nitrogens with zero attached hydrogens (tertiary/aromatic N) is 1. The van der Waals surface area contributed by atoms with Crippen LogP contribution < -0.4 is 0 Å². The minimum Gasteiger partial charge on any atom is -0.481 e. The number of hydrogen-bond acceptors (Lipinski definition) is 1. The molecule has 2 aromatic rings. The summed E-state index contributed by atoms with van der Waals surface area (Å²) in [6.07, 6.45) is -4.46. The van der Waals surface area contributed by atoms with E-state index >= 15 is 0 Å². The molecule has 1 unspecified atom stereocenters. The van der Waals surface area contributed by atoms with Gasteiger partial charge in [0.15, 0.2) is 0 Å². The van der Waals surface area contributed by atoms with Gasteiger partial charge in [-0.3, -0.25) is 4.79 Å². The Hall–Kier alpha value is -1.98. The molecule has 0 bridgehead atoms. The molecule has 0 aliphatic carbocycles. The first kappa shape index (κ1) is 14.4. The topological polar surface area (TPSA) is 42.2 Å². The Morgan fingerprint density at radius 2 is 2.05 bits per heavy atom. The highest BCUT2D eigenvalue weighted by molar-refractivity contribution is 5.87. The zero-order valence-electron chi connectivity index (χ0n) is 11.0. The van der Waals surface area contributed by atoms with Crippen molar-refractivity contribution in [1.82, 2.24) is 4.57 Å². The molecule has 20 heavy (non-hydrogen) atoms. The van der Waals surface area contributed by atoms with E-state index < -0.39 is 23.6 Å². The number of carboxylic acids is 1. The van der Waals surface area contributed by atoms with Gasteiger partial charge in [-0.1, -0.05) is 12.1 Å². The number of para-hydroxylation sites is 1. The molecule has 1 aromatic heterocycles. The van der Waals surface area contributed by atoms with E-state index in [9.17, 15) is 18.0 Å². The monoisotopic (exact) mass is 285 g/mol. The number of rotatable bonds is 3. The van der Waals surface area contributed by atoms with Gasteiger partial charge in [0, 0.05) is 17.6 Å². The number of aryl methyl sites for hydroxylation is 1. The van der Waals surface area contributed by atoms with Gasteiger partial charge in [-0.2, -0.15) is 13.2 Å². The van der Waals surface area contributed by atoms with E-state index in [2.05, 4.69) is 0 Å². The molecule has 0 aliphatic rings. The first-order chi connectivity index (χ1) is 9.27. The first-order valence-electron chi connectivity index (χ1n) is 6.19. The van der Waals surface area contributed by atoms with Crippen molar-refractivity contribution in [3.05, 3.63) is 35.5 Å². The summed E-state index contributed by atoms with van der Waals surface area (Å²) >= 11 is 0. The number of benzene rings is 1. The Balaban J connectivity index is 2.80. The highest BCUT2D eigenvalue weighted by Gasteiger charge is 2.34. The van der Waals surface area contributed by atoms with Crippen molar-refractivity contribution < 1.29 is 23.1 Å². The van der Waals surface area contributed by atoms with E-state index in [1.54, 1.807) is 13.0 Å². The summed E-state index contributed by atoms with van der Waals surface area (Å²) in [5.41, 5.74) is -0.307. The van der Waals surface area contributed by atoms with Crippen molar-refractivity contribution in [1.29, 1.82) is 0 Å². The van der Waals surface area contributed by atoms with Crippen LogP contribution in [-0.2, 0) is 17.5 Å². The molecule has 0 saturated carbocycles. The van der Waals surface area contributed by atoms with Crippen LogP contribution in [0.2, 0.25) is 0 Å². The third-order valence-corrected chi connectivity index (χ3v) is 3.39. The molecule has 1 aromatic carbocycles. The zero-order chi connectivity index (χ0) is 15.1. The van der Waals surface area contributed by atoms with E-state index in [0.717, 1.165) is 6.07 Å². The lowest BCUT2D eigenvalue weighted by Gasteiger charge is -2.14. The van der Waals surface area contributed by atoms with Crippen LogP contribution in [-0.4, -0.2) is 15.6 Å². The second-order valence-corrected chi connectivity index (χ2v) is 4.61. The quantitative estimate of drug-likeness (QED) is 0.930. The molecule has 3 nitrogen and oxygen atoms in total. The highest BCUT2D eigenvalue weighted by Crippen LogP contribution is 2.37. The second kappa shape index (κ2) is 4.85. The molecule has 1 heterocycles. The predicted octanol–water partition coefficient (Wildman–Crippen LogP) is 3.87. The van der Waals surface area contributed by atoms with Gasteiger partial charge in [-0.05, 0) is 26.0 Å². The number of aromatic nitrogens is 1. The predicted molar refractivity (Wildman–Crippen MR) is 68.7 cm³/mol. The van der Waals surface area contributed by atoms with Crippen LogP contribution in [0.25, 0.3) is 10.9 Å². The van der Waals surface area contributed by atoms with Gasteiger partial charge in [0.1, 0.15) is 0 Å². The SMILES string of the molecule is CCn1c(C(C)C(=O)O)cc2cccc(C(F)(F)F)c21. The Bertz CT molecular complexity index is 658. The maximum Gasteiger partial charge on any atom is 0.418 e. The molecule has 108 valence electrons. The summed E-state index contributed by atoms with van der Waals surface area (Å²) in [6.45, 7) is 3.45. The summed E-state index contributed by atoms with van der Waals surface area (Å²) in [5.74, 6) is -1.92. The minimum absolute atomic E-state index is 0.0469. The fraction of sp³-hybridized carbons (Fsp3) is 0.357. The molecular formula is C14H14F3NO2. The third kappa shape index (κ3) is 2.26. The third-order valence-electron chi connectivity index (χ3n) is 3.39. The van der Waals surface area contributed by atoms with Crippen LogP contribution in [0.1, 0.15) is 31.0 Å². The van der Waals surface area contributed by atoms with E-state index in [0.29, 0.717) is 11.1 Å². The van der Waals surface area contributed by atoms with Gasteiger partial charge >= 0.3 is 12.1 Å². The van der Waals surface area contributed by atoms with Crippen LogP contribution in [0.15, 0.2) is 24.3 Å². The largest absolute Gasteiger partial charge is 0.481 e. The maximum atomic E-state index is 13.1. The van der Waals surface area contributed by atoms with Gasteiger partial charge < -0.3 is 9.67 Å². The lowest BCUT2D eigenvalue weighted by atomic mass is 10.1. The molecule has 0 radical (unpaired) electrons. The number of alkyl halides is 3. The molecule has 6 heteroatoms. The van der Waals surface area contributed by atoms with E-state index in [1.165, 1.54) is 23.6 Å². The molecule has 2 rings (SSSR count). The number of hydrogen-bond donors (Lipinski definition) is 1. The Morgan fingerprint density at radius 1 is 1.40 bits per heavy atom. The summed E-state index contributed by atoms with van der Waals surface area (Å²) in [5, 5.41) is 9.48. The zero-order valence-corrected chi connectivity index (χ0v) is 11.0. The normalized spacial score (nSPS) is 13.7. The fourth-order valence-electron chi connectivity index (χ4n) is 2.40. The summed E-state index contributed by atoms with van der Waals surface area (Å²) < 4.78 is 40.6. The number of carbonyl (C=O) groups is 1. The molecule has 0 saturated heterocycles. The summed E-state index contributed by atoms with van der Waals surface area (Å²) in [7, 11) is 0. The minimum atomic E-state index is -4.46. The van der Waals surface area contributed by atoms with Crippen molar-refractivity contribution in [3.63, 3.8) is 0 Å². The maximum absolute atomic E-state index is 13.1. The fourth-order valence-corrected chi connectivity index (χ4v) is 2.40. The lowest BCUT2D eigenvalue weighted by Crippen LogP contribution is -2.14. The molecule has 0 fully saturated rings. The van der Waals surface area contributed by atoms with Crippen LogP contribution in [0.4, 0.5) is 13.2 Å². The second-order valence-electron chi connectivity index (χ2n) is 4.61. The van der Waals surface area contributed by atoms with Gasteiger partial charge in [-0.15, -0.1) is 0 Å². The molecular weight excluding hydrogens is 271 g/mol. The van der Waals surface area contributed by atoms with E-state index in [4.69, 9.17) is 5.11 Å². The summed E-state index contributed by atoms with van der Waals surface area (Å²) in [4.78, 5) is 11.1. The van der Waals surface area contributed by atoms with Crippen LogP contribution in [0.5, 0.6) is 0 Å². The van der Waals surface area contributed by atoms with E-state index in [-0.39, 0.29) is 12.1 Å². The Kier molecular flexibility index (Phi) is 3.50. The van der Waals surface area contributed by atoms with Gasteiger partial charge in [-0.25, -0.2) is 0 Å². The van der Waals surface area contributed by atoms with Crippen LogP contribution in [0.3, 0.4) is 0 Å². The number of fused-ring (bicyclic) bond motifs is 1. The first-order valence-corrected chi connectivity index (χ1v) is 6.19. The van der Waals surface area contributed by atoms with E-state index in [1.807, 2.05) is 0 Å². The van der Waals surface area contributed by atoms with Crippen molar-refractivity contribution in [3.8, 4) is 0 Å². The molecule has 0 aliphatic heterocycles. The smallest absolute Gasteiger partial charge is 0.418 e. The summed E-state index contributed by atoms with van der Waals surface area (Å²) in [6, 6.07) is 5.44.